The molecule has 0 aliphatic carbocycles. The number of rotatable bonds is 7. The van der Waals surface area contributed by atoms with Crippen molar-refractivity contribution < 1.29 is 4.74 Å². The van der Waals surface area contributed by atoms with Gasteiger partial charge in [-0.2, -0.15) is 0 Å². The lowest BCUT2D eigenvalue weighted by molar-refractivity contribution is 0.159. The molecule has 0 radical (unpaired) electrons. The quantitative estimate of drug-likeness (QED) is 0.774. The van der Waals surface area contributed by atoms with Crippen molar-refractivity contribution in [2.45, 2.75) is 26.3 Å². The number of methoxy groups -OCH3 is 1. The van der Waals surface area contributed by atoms with E-state index in [1.54, 1.807) is 7.11 Å². The minimum atomic E-state index is 0.782. The average molecular weight is 276 g/mol. The van der Waals surface area contributed by atoms with Crippen LogP contribution in [0.5, 0.6) is 0 Å². The summed E-state index contributed by atoms with van der Waals surface area (Å²) >= 11 is 0. The van der Waals surface area contributed by atoms with Crippen LogP contribution in [0.15, 0.2) is 24.3 Å². The summed E-state index contributed by atoms with van der Waals surface area (Å²) in [5.41, 5.74) is 2.88. The van der Waals surface area contributed by atoms with Crippen LogP contribution in [0.3, 0.4) is 0 Å². The fraction of sp³-hybridized carbons (Fsp3) is 0.647. The SMILES string of the molecule is COCCNCC1CCCN(Cc2ccccc2C)C1. The molecule has 1 unspecified atom stereocenters. The first-order valence-electron chi connectivity index (χ1n) is 7.76. The van der Waals surface area contributed by atoms with Crippen molar-refractivity contribution in [1.82, 2.24) is 10.2 Å². The molecule has 0 bridgehead atoms. The largest absolute Gasteiger partial charge is 0.383 e. The summed E-state index contributed by atoms with van der Waals surface area (Å²) in [6, 6.07) is 8.74. The summed E-state index contributed by atoms with van der Waals surface area (Å²) in [5, 5.41) is 3.50. The number of nitrogens with zero attached hydrogens (tertiary/aromatic N) is 1. The van der Waals surface area contributed by atoms with Gasteiger partial charge < -0.3 is 10.1 Å². The van der Waals surface area contributed by atoms with Gasteiger partial charge in [0.2, 0.25) is 0 Å². The summed E-state index contributed by atoms with van der Waals surface area (Å²) in [5.74, 6) is 0.782. The fourth-order valence-electron chi connectivity index (χ4n) is 2.97. The monoisotopic (exact) mass is 276 g/mol. The Morgan fingerprint density at radius 1 is 1.35 bits per heavy atom. The highest BCUT2D eigenvalue weighted by Crippen LogP contribution is 2.19. The molecular formula is C17H28N2O. The van der Waals surface area contributed by atoms with Crippen LogP contribution in [0.4, 0.5) is 0 Å². The zero-order chi connectivity index (χ0) is 14.2. The molecule has 1 aliphatic rings. The first-order valence-corrected chi connectivity index (χ1v) is 7.76. The van der Waals surface area contributed by atoms with Crippen LogP contribution in [0, 0.1) is 12.8 Å². The molecule has 0 saturated carbocycles. The summed E-state index contributed by atoms with van der Waals surface area (Å²) in [7, 11) is 1.76. The maximum atomic E-state index is 5.07. The molecule has 1 heterocycles. The molecule has 1 atom stereocenters. The third-order valence-electron chi connectivity index (χ3n) is 4.17. The third-order valence-corrected chi connectivity index (χ3v) is 4.17. The number of hydrogen-bond donors (Lipinski definition) is 1. The fourth-order valence-corrected chi connectivity index (χ4v) is 2.97. The van der Waals surface area contributed by atoms with E-state index in [1.165, 1.54) is 37.1 Å². The molecular weight excluding hydrogens is 248 g/mol. The first-order chi connectivity index (χ1) is 9.79. The molecule has 2 rings (SSSR count). The van der Waals surface area contributed by atoms with Crippen LogP contribution in [0.1, 0.15) is 24.0 Å². The molecule has 1 N–H and O–H groups in total. The number of aryl methyl sites for hydroxylation is 1. The maximum absolute atomic E-state index is 5.07. The van der Waals surface area contributed by atoms with Crippen molar-refractivity contribution in [2.24, 2.45) is 5.92 Å². The third kappa shape index (κ3) is 4.89. The molecule has 112 valence electrons. The number of ether oxygens (including phenoxy) is 1. The Morgan fingerprint density at radius 2 is 2.20 bits per heavy atom. The van der Waals surface area contributed by atoms with Gasteiger partial charge in [0.15, 0.2) is 0 Å². The number of hydrogen-bond acceptors (Lipinski definition) is 3. The van der Waals surface area contributed by atoms with Crippen molar-refractivity contribution in [2.75, 3.05) is 39.9 Å². The minimum absolute atomic E-state index is 0.782. The standard InChI is InChI=1S/C17H28N2O/c1-15-6-3-4-8-17(15)14-19-10-5-7-16(13-19)12-18-9-11-20-2/h3-4,6,8,16,18H,5,7,9-14H2,1-2H3. The van der Waals surface area contributed by atoms with Gasteiger partial charge in [-0.05, 0) is 49.9 Å². The van der Waals surface area contributed by atoms with Crippen LogP contribution in [0.2, 0.25) is 0 Å². The van der Waals surface area contributed by atoms with Crippen molar-refractivity contribution in [3.63, 3.8) is 0 Å². The summed E-state index contributed by atoms with van der Waals surface area (Å²) in [6.45, 7) is 8.65. The van der Waals surface area contributed by atoms with Crippen molar-refractivity contribution >= 4 is 0 Å². The average Bonchev–Trinajstić information content (AvgIpc) is 2.47. The van der Waals surface area contributed by atoms with Crippen LogP contribution >= 0.6 is 0 Å². The topological polar surface area (TPSA) is 24.5 Å². The maximum Gasteiger partial charge on any atom is 0.0587 e. The lowest BCUT2D eigenvalue weighted by atomic mass is 9.97. The van der Waals surface area contributed by atoms with Crippen LogP contribution < -0.4 is 5.32 Å². The van der Waals surface area contributed by atoms with E-state index < -0.39 is 0 Å². The molecule has 3 nitrogen and oxygen atoms in total. The molecule has 1 aromatic rings. The van der Waals surface area contributed by atoms with Gasteiger partial charge in [0.1, 0.15) is 0 Å². The molecule has 1 aromatic carbocycles. The van der Waals surface area contributed by atoms with E-state index in [0.717, 1.165) is 32.2 Å². The Morgan fingerprint density at radius 3 is 3.00 bits per heavy atom. The second-order valence-corrected chi connectivity index (χ2v) is 5.87. The van der Waals surface area contributed by atoms with Crippen LogP contribution in [-0.4, -0.2) is 44.8 Å². The number of benzene rings is 1. The molecule has 1 aliphatic heterocycles. The van der Waals surface area contributed by atoms with E-state index in [0.29, 0.717) is 0 Å². The molecule has 3 heteroatoms. The van der Waals surface area contributed by atoms with Gasteiger partial charge in [0.05, 0.1) is 6.61 Å². The highest BCUT2D eigenvalue weighted by Gasteiger charge is 2.19. The van der Waals surface area contributed by atoms with Crippen LogP contribution in [0.25, 0.3) is 0 Å². The Labute approximate surface area is 123 Å². The highest BCUT2D eigenvalue weighted by molar-refractivity contribution is 5.25. The van der Waals surface area contributed by atoms with Crippen molar-refractivity contribution in [1.29, 1.82) is 0 Å². The predicted molar refractivity (Wildman–Crippen MR) is 83.9 cm³/mol. The van der Waals surface area contributed by atoms with Crippen molar-refractivity contribution in [3.05, 3.63) is 35.4 Å². The molecule has 0 amide bonds. The lowest BCUT2D eigenvalue weighted by Crippen LogP contribution is -2.39. The van der Waals surface area contributed by atoms with Gasteiger partial charge in [-0.15, -0.1) is 0 Å². The molecule has 1 saturated heterocycles. The first kappa shape index (κ1) is 15.5. The summed E-state index contributed by atoms with van der Waals surface area (Å²) in [4.78, 5) is 2.61. The van der Waals surface area contributed by atoms with E-state index >= 15 is 0 Å². The Hall–Kier alpha value is -0.900. The minimum Gasteiger partial charge on any atom is -0.383 e. The van der Waals surface area contributed by atoms with Gasteiger partial charge >= 0.3 is 0 Å². The number of likely N-dealkylation sites (tertiary alicyclic amines) is 1. The lowest BCUT2D eigenvalue weighted by Gasteiger charge is -2.33. The molecule has 20 heavy (non-hydrogen) atoms. The number of piperidine rings is 1. The number of nitrogens with one attached hydrogen (secondary N) is 1. The molecule has 1 fully saturated rings. The van der Waals surface area contributed by atoms with Crippen molar-refractivity contribution in [3.8, 4) is 0 Å². The van der Waals surface area contributed by atoms with Gasteiger partial charge in [-0.3, -0.25) is 4.90 Å². The Balaban J connectivity index is 1.77. The van der Waals surface area contributed by atoms with Gasteiger partial charge in [-0.1, -0.05) is 24.3 Å². The van der Waals surface area contributed by atoms with Gasteiger partial charge in [-0.25, -0.2) is 0 Å². The van der Waals surface area contributed by atoms with E-state index in [4.69, 9.17) is 4.74 Å². The Bertz CT molecular complexity index is 394. The summed E-state index contributed by atoms with van der Waals surface area (Å²) < 4.78 is 5.07. The molecule has 0 spiro atoms. The zero-order valence-electron chi connectivity index (χ0n) is 12.9. The molecule has 0 aromatic heterocycles. The van der Waals surface area contributed by atoms with E-state index in [1.807, 2.05) is 0 Å². The van der Waals surface area contributed by atoms with Gasteiger partial charge in [0, 0.05) is 26.7 Å². The Kier molecular flexibility index (Phi) is 6.51. The van der Waals surface area contributed by atoms with E-state index in [-0.39, 0.29) is 0 Å². The normalized spacial score (nSPS) is 20.2. The summed E-state index contributed by atoms with van der Waals surface area (Å²) in [6.07, 6.45) is 2.67. The highest BCUT2D eigenvalue weighted by atomic mass is 16.5. The second-order valence-electron chi connectivity index (χ2n) is 5.87. The van der Waals surface area contributed by atoms with E-state index in [9.17, 15) is 0 Å². The second kappa shape index (κ2) is 8.40. The van der Waals surface area contributed by atoms with E-state index in [2.05, 4.69) is 41.4 Å². The van der Waals surface area contributed by atoms with Gasteiger partial charge in [0.25, 0.3) is 0 Å². The predicted octanol–water partition coefficient (Wildman–Crippen LogP) is 2.44. The van der Waals surface area contributed by atoms with Crippen LogP contribution in [-0.2, 0) is 11.3 Å². The zero-order valence-corrected chi connectivity index (χ0v) is 12.9. The smallest absolute Gasteiger partial charge is 0.0587 e.